The van der Waals surface area contributed by atoms with Gasteiger partial charge in [0.1, 0.15) is 18.3 Å². The molecule has 1 saturated heterocycles. The Labute approximate surface area is 155 Å². The minimum Gasteiger partial charge on any atom is -0.394 e. The summed E-state index contributed by atoms with van der Waals surface area (Å²) in [6.07, 6.45) is 2.92. The van der Waals surface area contributed by atoms with Crippen molar-refractivity contribution in [1.82, 2.24) is 19.5 Å². The van der Waals surface area contributed by atoms with Crippen molar-refractivity contribution in [2.24, 2.45) is 0 Å². The maximum absolute atomic E-state index is 10.5. The fourth-order valence-electron chi connectivity index (χ4n) is 3.77. The second-order valence-corrected chi connectivity index (χ2v) is 7.23. The molecule has 0 amide bonds. The molecular weight excluding hydrogens is 362 g/mol. The standard InChI is InChI=1S/C16H22ClN5O4/c17-16-20-14(19-8-3-1-2-4-8)11-15(21-16)22(7-18-11)9-6-26-10(5-23)13(25)12(9)24/h7-10,12-13,23-25H,1-6H2,(H,19,20,21)/t9-,10-,12+,13-/m1/s1. The molecule has 4 N–H and O–H groups in total. The van der Waals surface area contributed by atoms with Crippen molar-refractivity contribution in [2.75, 3.05) is 18.5 Å². The van der Waals surface area contributed by atoms with Crippen molar-refractivity contribution < 1.29 is 20.1 Å². The van der Waals surface area contributed by atoms with Gasteiger partial charge in [0.2, 0.25) is 5.28 Å². The Balaban J connectivity index is 1.67. The van der Waals surface area contributed by atoms with E-state index in [1.165, 1.54) is 12.8 Å². The maximum atomic E-state index is 10.5. The molecule has 4 rings (SSSR count). The number of hydrogen-bond donors (Lipinski definition) is 4. The molecule has 1 saturated carbocycles. The third-order valence-corrected chi connectivity index (χ3v) is 5.40. The number of aliphatic hydroxyl groups is 3. The zero-order chi connectivity index (χ0) is 18.3. The first-order valence-electron chi connectivity index (χ1n) is 8.83. The lowest BCUT2D eigenvalue weighted by atomic mass is 9.98. The summed E-state index contributed by atoms with van der Waals surface area (Å²) >= 11 is 6.11. The van der Waals surface area contributed by atoms with Crippen molar-refractivity contribution in [1.29, 1.82) is 0 Å². The van der Waals surface area contributed by atoms with Crippen molar-refractivity contribution in [2.45, 2.75) is 56.1 Å². The summed E-state index contributed by atoms with van der Waals surface area (Å²) in [6.45, 7) is -0.249. The van der Waals surface area contributed by atoms with Gasteiger partial charge >= 0.3 is 0 Å². The molecule has 1 aliphatic heterocycles. The Morgan fingerprint density at radius 2 is 2.00 bits per heavy atom. The number of aliphatic hydroxyl groups excluding tert-OH is 3. The first-order valence-corrected chi connectivity index (χ1v) is 9.21. The van der Waals surface area contributed by atoms with Gasteiger partial charge in [0.25, 0.3) is 0 Å². The summed E-state index contributed by atoms with van der Waals surface area (Å²) in [4.78, 5) is 12.9. The minimum atomic E-state index is -1.20. The quantitative estimate of drug-likeness (QED) is 0.562. The van der Waals surface area contributed by atoms with Crippen LogP contribution < -0.4 is 5.32 Å². The molecule has 142 valence electrons. The molecule has 2 aromatic heterocycles. The zero-order valence-corrected chi connectivity index (χ0v) is 14.9. The normalized spacial score (nSPS) is 30.2. The predicted octanol–water partition coefficient (Wildman–Crippen LogP) is 0.488. The molecule has 0 aromatic carbocycles. The minimum absolute atomic E-state index is 0.0831. The van der Waals surface area contributed by atoms with Crippen molar-refractivity contribution in [3.8, 4) is 0 Å². The highest BCUT2D eigenvalue weighted by Gasteiger charge is 2.39. The van der Waals surface area contributed by atoms with Crippen LogP contribution in [0, 0.1) is 0 Å². The molecule has 2 aromatic rings. The highest BCUT2D eigenvalue weighted by molar-refractivity contribution is 6.28. The lowest BCUT2D eigenvalue weighted by Gasteiger charge is -2.37. The summed E-state index contributed by atoms with van der Waals surface area (Å²) < 4.78 is 7.11. The van der Waals surface area contributed by atoms with Gasteiger partial charge in [-0.25, -0.2) is 4.98 Å². The van der Waals surface area contributed by atoms with Gasteiger partial charge in [0.05, 0.1) is 25.6 Å². The van der Waals surface area contributed by atoms with E-state index >= 15 is 0 Å². The molecule has 0 spiro atoms. The third-order valence-electron chi connectivity index (χ3n) is 5.23. The van der Waals surface area contributed by atoms with Gasteiger partial charge in [0.15, 0.2) is 17.0 Å². The number of aromatic nitrogens is 4. The van der Waals surface area contributed by atoms with E-state index in [-0.39, 0.29) is 18.5 Å². The van der Waals surface area contributed by atoms with E-state index in [1.807, 2.05) is 0 Å². The number of nitrogens with zero attached hydrogens (tertiary/aromatic N) is 4. The number of nitrogens with one attached hydrogen (secondary N) is 1. The third kappa shape index (κ3) is 3.14. The second-order valence-electron chi connectivity index (χ2n) is 6.89. The first kappa shape index (κ1) is 17.9. The van der Waals surface area contributed by atoms with E-state index in [9.17, 15) is 15.3 Å². The van der Waals surface area contributed by atoms with Crippen LogP contribution in [0.1, 0.15) is 31.7 Å². The Morgan fingerprint density at radius 1 is 1.23 bits per heavy atom. The SMILES string of the molecule is OC[C@H]1OC[C@@H](n2cnc3c(NC4CCCC4)nc(Cl)nc32)[C@H](O)[C@@H]1O. The van der Waals surface area contributed by atoms with Gasteiger partial charge in [-0.15, -0.1) is 0 Å². The van der Waals surface area contributed by atoms with Crippen LogP contribution in [0.4, 0.5) is 5.82 Å². The predicted molar refractivity (Wildman–Crippen MR) is 94.1 cm³/mol. The largest absolute Gasteiger partial charge is 0.394 e. The highest BCUT2D eigenvalue weighted by atomic mass is 35.5. The molecular formula is C16H22ClN5O4. The average Bonchev–Trinajstić information content (AvgIpc) is 3.27. The molecule has 26 heavy (non-hydrogen) atoms. The van der Waals surface area contributed by atoms with Crippen LogP contribution in [0.25, 0.3) is 11.2 Å². The van der Waals surface area contributed by atoms with Gasteiger partial charge < -0.3 is 29.9 Å². The number of hydrogen-bond acceptors (Lipinski definition) is 8. The van der Waals surface area contributed by atoms with Gasteiger partial charge in [-0.3, -0.25) is 0 Å². The Morgan fingerprint density at radius 3 is 2.73 bits per heavy atom. The van der Waals surface area contributed by atoms with Crippen molar-refractivity contribution in [3.05, 3.63) is 11.6 Å². The summed E-state index contributed by atoms with van der Waals surface area (Å²) in [5, 5.41) is 33.3. The lowest BCUT2D eigenvalue weighted by Crippen LogP contribution is -2.51. The average molecular weight is 384 g/mol. The number of anilines is 1. The topological polar surface area (TPSA) is 126 Å². The van der Waals surface area contributed by atoms with Crippen molar-refractivity contribution >= 4 is 28.6 Å². The Hall–Kier alpha value is -1.52. The lowest BCUT2D eigenvalue weighted by molar-refractivity contribution is -0.169. The number of ether oxygens (including phenoxy) is 1. The Kier molecular flexibility index (Phi) is 4.98. The Bertz CT molecular complexity index is 781. The van der Waals surface area contributed by atoms with Crippen LogP contribution >= 0.6 is 11.6 Å². The molecule has 2 aliphatic rings. The van der Waals surface area contributed by atoms with Gasteiger partial charge in [-0.1, -0.05) is 12.8 Å². The summed E-state index contributed by atoms with van der Waals surface area (Å²) in [6, 6.07) is -0.256. The molecule has 0 radical (unpaired) electrons. The molecule has 2 fully saturated rings. The van der Waals surface area contributed by atoms with Gasteiger partial charge in [-0.05, 0) is 24.4 Å². The number of fused-ring (bicyclic) bond motifs is 1. The van der Waals surface area contributed by atoms with Gasteiger partial charge in [0, 0.05) is 6.04 Å². The molecule has 10 heteroatoms. The van der Waals surface area contributed by atoms with Crippen LogP contribution in [0.2, 0.25) is 5.28 Å². The monoisotopic (exact) mass is 383 g/mol. The fourth-order valence-corrected chi connectivity index (χ4v) is 3.93. The summed E-state index contributed by atoms with van der Waals surface area (Å²) in [5.74, 6) is 0.575. The molecule has 4 atom stereocenters. The van der Waals surface area contributed by atoms with Crippen LogP contribution in [-0.2, 0) is 4.74 Å². The second kappa shape index (κ2) is 7.24. The van der Waals surface area contributed by atoms with E-state index in [2.05, 4.69) is 20.3 Å². The van der Waals surface area contributed by atoms with Crippen LogP contribution in [0.3, 0.4) is 0 Å². The van der Waals surface area contributed by atoms with Gasteiger partial charge in [-0.2, -0.15) is 9.97 Å². The first-order chi connectivity index (χ1) is 12.6. The number of imidazole rings is 1. The van der Waals surface area contributed by atoms with E-state index in [0.717, 1.165) is 12.8 Å². The number of rotatable bonds is 4. The van der Waals surface area contributed by atoms with Crippen LogP contribution in [0.5, 0.6) is 0 Å². The smallest absolute Gasteiger partial charge is 0.226 e. The fraction of sp³-hybridized carbons (Fsp3) is 0.688. The summed E-state index contributed by atoms with van der Waals surface area (Å²) in [5.41, 5.74) is 1.03. The molecule has 9 nitrogen and oxygen atoms in total. The maximum Gasteiger partial charge on any atom is 0.226 e. The molecule has 3 heterocycles. The van der Waals surface area contributed by atoms with Crippen LogP contribution in [0.15, 0.2) is 6.33 Å². The van der Waals surface area contributed by atoms with Crippen molar-refractivity contribution in [3.63, 3.8) is 0 Å². The van der Waals surface area contributed by atoms with E-state index in [4.69, 9.17) is 16.3 Å². The van der Waals surface area contributed by atoms with E-state index in [1.54, 1.807) is 10.9 Å². The molecule has 0 unspecified atom stereocenters. The summed E-state index contributed by atoms with van der Waals surface area (Å²) in [7, 11) is 0. The number of halogens is 1. The van der Waals surface area contributed by atoms with Crippen LogP contribution in [-0.4, -0.2) is 72.4 Å². The zero-order valence-electron chi connectivity index (χ0n) is 14.1. The molecule has 0 bridgehead atoms. The highest BCUT2D eigenvalue weighted by Crippen LogP contribution is 2.31. The van der Waals surface area contributed by atoms with E-state index < -0.39 is 24.4 Å². The van der Waals surface area contributed by atoms with E-state index in [0.29, 0.717) is 23.0 Å². The molecule has 1 aliphatic carbocycles.